The third-order valence-corrected chi connectivity index (χ3v) is 6.52. The van der Waals surface area contributed by atoms with E-state index in [-0.39, 0.29) is 5.91 Å². The zero-order valence-corrected chi connectivity index (χ0v) is 19.0. The number of carbonyl (C=O) groups excluding carboxylic acids is 1. The normalized spacial score (nSPS) is 15.1. The molecule has 0 aliphatic carbocycles. The predicted octanol–water partition coefficient (Wildman–Crippen LogP) is 3.47. The van der Waals surface area contributed by atoms with Gasteiger partial charge in [-0.2, -0.15) is 5.10 Å². The van der Waals surface area contributed by atoms with Crippen LogP contribution in [0.5, 0.6) is 0 Å². The number of nitrogens with zero attached hydrogens (tertiary/aromatic N) is 5. The Labute approximate surface area is 182 Å². The molecule has 1 aliphatic heterocycles. The van der Waals surface area contributed by atoms with Crippen molar-refractivity contribution in [1.29, 1.82) is 0 Å². The zero-order chi connectivity index (χ0) is 20.4. The molecule has 1 saturated heterocycles. The zero-order valence-electron chi connectivity index (χ0n) is 16.6. The van der Waals surface area contributed by atoms with E-state index in [1.807, 2.05) is 38.4 Å². The first-order chi connectivity index (χ1) is 14.0. The van der Waals surface area contributed by atoms with E-state index in [9.17, 15) is 4.79 Å². The van der Waals surface area contributed by atoms with Crippen molar-refractivity contribution in [2.24, 2.45) is 7.05 Å². The van der Waals surface area contributed by atoms with Crippen LogP contribution in [0.25, 0.3) is 10.2 Å². The lowest BCUT2D eigenvalue weighted by atomic mass is 10.2. The Hall–Kier alpha value is -1.81. The largest absolute Gasteiger partial charge is 0.379 e. The molecule has 1 amide bonds. The molecule has 0 saturated carbocycles. The number of ether oxygens (including phenoxy) is 1. The van der Waals surface area contributed by atoms with Crippen molar-refractivity contribution in [3.63, 3.8) is 0 Å². The van der Waals surface area contributed by atoms with E-state index in [2.05, 4.69) is 25.9 Å². The van der Waals surface area contributed by atoms with Crippen molar-refractivity contribution >= 4 is 48.5 Å². The summed E-state index contributed by atoms with van der Waals surface area (Å²) in [6.45, 7) is 6.91. The molecule has 29 heavy (non-hydrogen) atoms. The van der Waals surface area contributed by atoms with E-state index < -0.39 is 0 Å². The Morgan fingerprint density at radius 1 is 1.34 bits per heavy atom. The molecule has 4 rings (SSSR count). The number of morpholine rings is 1. The van der Waals surface area contributed by atoms with Gasteiger partial charge in [0.05, 0.1) is 23.4 Å². The second-order valence-electron chi connectivity index (χ2n) is 7.21. The highest BCUT2D eigenvalue weighted by Gasteiger charge is 2.25. The number of halogens is 1. The van der Waals surface area contributed by atoms with Crippen LogP contribution in [0.2, 0.25) is 0 Å². The topological polar surface area (TPSA) is 63.5 Å². The van der Waals surface area contributed by atoms with Gasteiger partial charge in [0.25, 0.3) is 5.91 Å². The van der Waals surface area contributed by atoms with Gasteiger partial charge in [-0.3, -0.25) is 19.3 Å². The quantitative estimate of drug-likeness (QED) is 0.543. The van der Waals surface area contributed by atoms with Gasteiger partial charge in [0.1, 0.15) is 0 Å². The third kappa shape index (κ3) is 4.69. The summed E-state index contributed by atoms with van der Waals surface area (Å²) >= 11 is 5.05. The predicted molar refractivity (Wildman–Crippen MR) is 119 cm³/mol. The summed E-state index contributed by atoms with van der Waals surface area (Å²) in [6, 6.07) is 5.99. The molecule has 2 aromatic heterocycles. The van der Waals surface area contributed by atoms with Gasteiger partial charge < -0.3 is 4.74 Å². The van der Waals surface area contributed by atoms with Crippen molar-refractivity contribution < 1.29 is 9.53 Å². The Morgan fingerprint density at radius 2 is 2.14 bits per heavy atom. The summed E-state index contributed by atoms with van der Waals surface area (Å²) in [5.41, 5.74) is 2.26. The maximum absolute atomic E-state index is 13.4. The third-order valence-electron chi connectivity index (χ3n) is 4.99. The first-order valence-corrected chi connectivity index (χ1v) is 11.3. The van der Waals surface area contributed by atoms with Crippen LogP contribution >= 0.6 is 27.3 Å². The maximum Gasteiger partial charge on any atom is 0.280 e. The maximum atomic E-state index is 13.4. The molecule has 0 bridgehead atoms. The monoisotopic (exact) mass is 477 g/mol. The fraction of sp³-hybridized carbons (Fsp3) is 0.450. The summed E-state index contributed by atoms with van der Waals surface area (Å²) in [6.07, 6.45) is 2.74. The van der Waals surface area contributed by atoms with Crippen LogP contribution < -0.4 is 4.90 Å². The van der Waals surface area contributed by atoms with Gasteiger partial charge >= 0.3 is 0 Å². The van der Waals surface area contributed by atoms with E-state index in [0.29, 0.717) is 12.2 Å². The van der Waals surface area contributed by atoms with Crippen molar-refractivity contribution in [2.75, 3.05) is 44.3 Å². The minimum absolute atomic E-state index is 0.0943. The number of aromatic nitrogens is 3. The summed E-state index contributed by atoms with van der Waals surface area (Å²) in [5, 5.41) is 5.11. The average molecular weight is 478 g/mol. The minimum atomic E-state index is -0.0943. The lowest BCUT2D eigenvalue weighted by Gasteiger charge is -2.27. The smallest absolute Gasteiger partial charge is 0.280 e. The van der Waals surface area contributed by atoms with Crippen molar-refractivity contribution in [1.82, 2.24) is 19.7 Å². The van der Waals surface area contributed by atoms with Gasteiger partial charge in [-0.05, 0) is 31.5 Å². The number of hydrogen-bond acceptors (Lipinski definition) is 6. The number of fused-ring (bicyclic) bond motifs is 1. The molecule has 0 N–H and O–H groups in total. The Balaban J connectivity index is 1.58. The molecule has 1 aromatic carbocycles. The molecule has 154 valence electrons. The van der Waals surface area contributed by atoms with Crippen molar-refractivity contribution in [3.8, 4) is 0 Å². The number of benzene rings is 1. The van der Waals surface area contributed by atoms with Crippen LogP contribution in [0.3, 0.4) is 0 Å². The molecular formula is C20H24BrN5O2S. The molecule has 9 heteroatoms. The van der Waals surface area contributed by atoms with Crippen LogP contribution in [-0.2, 0) is 11.8 Å². The van der Waals surface area contributed by atoms with Crippen molar-refractivity contribution in [3.05, 3.63) is 40.1 Å². The molecule has 1 aliphatic rings. The summed E-state index contributed by atoms with van der Waals surface area (Å²) in [7, 11) is 1.84. The lowest BCUT2D eigenvalue weighted by molar-refractivity contribution is 0.0376. The molecule has 0 spiro atoms. The molecule has 0 atom stereocenters. The Bertz CT molecular complexity index is 1010. The van der Waals surface area contributed by atoms with E-state index in [0.717, 1.165) is 64.7 Å². The van der Waals surface area contributed by atoms with Gasteiger partial charge in [-0.1, -0.05) is 27.3 Å². The molecule has 3 aromatic rings. The first kappa shape index (κ1) is 20.5. The van der Waals surface area contributed by atoms with Gasteiger partial charge in [-0.25, -0.2) is 4.98 Å². The molecule has 7 nitrogen and oxygen atoms in total. The van der Waals surface area contributed by atoms with Crippen LogP contribution in [0.15, 0.2) is 28.9 Å². The lowest BCUT2D eigenvalue weighted by Crippen LogP contribution is -2.39. The number of thiazole rings is 1. The number of hydrogen-bond donors (Lipinski definition) is 0. The van der Waals surface area contributed by atoms with Gasteiger partial charge in [0.2, 0.25) is 0 Å². The number of rotatable bonds is 6. The molecule has 3 heterocycles. The Kier molecular flexibility index (Phi) is 6.29. The van der Waals surface area contributed by atoms with Crippen molar-refractivity contribution in [2.45, 2.75) is 13.3 Å². The Morgan fingerprint density at radius 3 is 2.86 bits per heavy atom. The fourth-order valence-electron chi connectivity index (χ4n) is 3.51. The van der Waals surface area contributed by atoms with E-state index in [1.165, 1.54) is 11.3 Å². The molecule has 1 fully saturated rings. The van der Waals surface area contributed by atoms with Gasteiger partial charge in [0, 0.05) is 49.5 Å². The molecular weight excluding hydrogens is 454 g/mol. The van der Waals surface area contributed by atoms with Crippen LogP contribution in [0.4, 0.5) is 5.13 Å². The average Bonchev–Trinajstić information content (AvgIpc) is 3.27. The van der Waals surface area contributed by atoms with E-state index >= 15 is 0 Å². The highest BCUT2D eigenvalue weighted by Crippen LogP contribution is 2.32. The van der Waals surface area contributed by atoms with Gasteiger partial charge in [-0.15, -0.1) is 0 Å². The van der Waals surface area contributed by atoms with Crippen LogP contribution in [0, 0.1) is 6.92 Å². The van der Waals surface area contributed by atoms with Crippen LogP contribution in [-0.4, -0.2) is 65.0 Å². The SMILES string of the molecule is Cc1cn(C)nc1C(=O)N(CCCN1CCOCC1)c1nc2ccc(Br)cc2s1. The highest BCUT2D eigenvalue weighted by molar-refractivity contribution is 9.10. The number of carbonyl (C=O) groups is 1. The van der Waals surface area contributed by atoms with Crippen LogP contribution in [0.1, 0.15) is 22.5 Å². The minimum Gasteiger partial charge on any atom is -0.379 e. The van der Waals surface area contributed by atoms with E-state index in [4.69, 9.17) is 9.72 Å². The number of amides is 1. The number of anilines is 1. The summed E-state index contributed by atoms with van der Waals surface area (Å²) in [5.74, 6) is -0.0943. The second-order valence-corrected chi connectivity index (χ2v) is 9.13. The second kappa shape index (κ2) is 8.91. The van der Waals surface area contributed by atoms with E-state index in [1.54, 1.807) is 9.58 Å². The highest BCUT2D eigenvalue weighted by atomic mass is 79.9. The fourth-order valence-corrected chi connectivity index (χ4v) is 5.05. The molecule has 0 unspecified atom stereocenters. The first-order valence-electron chi connectivity index (χ1n) is 9.69. The summed E-state index contributed by atoms with van der Waals surface area (Å²) in [4.78, 5) is 22.3. The number of aryl methyl sites for hydroxylation is 2. The standard InChI is InChI=1S/C20H24BrN5O2S/c1-14-13-24(2)23-18(14)19(27)26(7-3-6-25-8-10-28-11-9-25)20-22-16-5-4-15(21)12-17(16)29-20/h4-5,12-13H,3,6-11H2,1-2H3. The summed E-state index contributed by atoms with van der Waals surface area (Å²) < 4.78 is 9.17. The van der Waals surface area contributed by atoms with Gasteiger partial charge in [0.15, 0.2) is 10.8 Å². The molecule has 0 radical (unpaired) electrons.